The molecular formula is C28H26BrN7O3. The molecule has 1 amide bonds. The number of rotatable bonds is 8. The Bertz CT molecular complexity index is 1390. The number of benzene rings is 3. The molecule has 0 unspecified atom stereocenters. The van der Waals surface area contributed by atoms with Crippen LogP contribution in [0.15, 0.2) is 95.7 Å². The largest absolute Gasteiger partial charge is 0.355 e. The molecule has 5 rings (SSSR count). The molecule has 1 fully saturated rings. The van der Waals surface area contributed by atoms with E-state index in [4.69, 9.17) is 0 Å². The maximum absolute atomic E-state index is 12.5. The van der Waals surface area contributed by atoms with Gasteiger partial charge >= 0.3 is 5.69 Å². The number of carbonyl (C=O) groups excluding carboxylic acids is 1. The number of nitro groups is 1. The van der Waals surface area contributed by atoms with Crippen LogP contribution in [0.1, 0.15) is 27.5 Å². The van der Waals surface area contributed by atoms with Crippen molar-refractivity contribution in [3.63, 3.8) is 0 Å². The third-order valence-corrected chi connectivity index (χ3v) is 7.12. The summed E-state index contributed by atoms with van der Waals surface area (Å²) in [4.78, 5) is 36.7. The summed E-state index contributed by atoms with van der Waals surface area (Å²) in [5.74, 6) is -0.311. The minimum atomic E-state index is -0.521. The highest BCUT2D eigenvalue weighted by Gasteiger charge is 2.32. The molecule has 1 aromatic heterocycles. The van der Waals surface area contributed by atoms with E-state index in [-0.39, 0.29) is 23.4 Å². The maximum Gasteiger partial charge on any atom is 0.355 e. The number of piperazine rings is 1. The van der Waals surface area contributed by atoms with Gasteiger partial charge in [-0.2, -0.15) is 0 Å². The Hall–Kier alpha value is -4.35. The van der Waals surface area contributed by atoms with E-state index >= 15 is 0 Å². The first-order chi connectivity index (χ1) is 19.0. The number of nitrogens with zero attached hydrogens (tertiary/aromatic N) is 5. The zero-order valence-corrected chi connectivity index (χ0v) is 22.5. The highest BCUT2D eigenvalue weighted by molar-refractivity contribution is 9.10. The first-order valence-electron chi connectivity index (χ1n) is 12.4. The Kier molecular flexibility index (Phi) is 8.09. The normalized spacial score (nSPS) is 13.7. The Morgan fingerprint density at radius 1 is 0.872 bits per heavy atom. The van der Waals surface area contributed by atoms with Crippen molar-refractivity contribution >= 4 is 39.2 Å². The Balaban J connectivity index is 1.33. The Morgan fingerprint density at radius 2 is 1.46 bits per heavy atom. The van der Waals surface area contributed by atoms with Gasteiger partial charge in [0.25, 0.3) is 5.91 Å². The van der Waals surface area contributed by atoms with Crippen molar-refractivity contribution in [3.05, 3.63) is 123 Å². The Labute approximate surface area is 233 Å². The van der Waals surface area contributed by atoms with E-state index in [0.717, 1.165) is 4.47 Å². The lowest BCUT2D eigenvalue weighted by molar-refractivity contribution is -0.383. The number of hydrogen-bond donors (Lipinski definition) is 2. The van der Waals surface area contributed by atoms with Crippen molar-refractivity contribution in [3.8, 4) is 0 Å². The third-order valence-electron chi connectivity index (χ3n) is 6.60. The van der Waals surface area contributed by atoms with Gasteiger partial charge in [-0.1, -0.05) is 76.6 Å². The fourth-order valence-electron chi connectivity index (χ4n) is 4.73. The summed E-state index contributed by atoms with van der Waals surface area (Å²) in [7, 11) is 0. The lowest BCUT2D eigenvalue weighted by Crippen LogP contribution is -2.48. The zero-order valence-electron chi connectivity index (χ0n) is 20.9. The van der Waals surface area contributed by atoms with Gasteiger partial charge < -0.3 is 4.90 Å². The average molecular weight is 588 g/mol. The van der Waals surface area contributed by atoms with Gasteiger partial charge in [0.1, 0.15) is 6.33 Å². The van der Waals surface area contributed by atoms with Crippen molar-refractivity contribution < 1.29 is 9.72 Å². The predicted molar refractivity (Wildman–Crippen MR) is 152 cm³/mol. The van der Waals surface area contributed by atoms with E-state index in [2.05, 4.69) is 65.9 Å². The molecule has 0 atom stereocenters. The van der Waals surface area contributed by atoms with Crippen LogP contribution in [0.4, 0.5) is 17.3 Å². The highest BCUT2D eigenvalue weighted by atomic mass is 79.9. The molecule has 0 bridgehead atoms. The molecular weight excluding hydrogens is 562 g/mol. The number of amides is 1. The van der Waals surface area contributed by atoms with Crippen LogP contribution in [0.25, 0.3) is 0 Å². The van der Waals surface area contributed by atoms with E-state index in [1.165, 1.54) is 17.5 Å². The van der Waals surface area contributed by atoms with Crippen molar-refractivity contribution in [1.82, 2.24) is 20.3 Å². The molecule has 39 heavy (non-hydrogen) atoms. The molecule has 198 valence electrons. The lowest BCUT2D eigenvalue weighted by atomic mass is 9.96. The molecule has 1 aliphatic rings. The fourth-order valence-corrected chi connectivity index (χ4v) is 4.99. The van der Waals surface area contributed by atoms with Gasteiger partial charge in [-0.3, -0.25) is 30.7 Å². The van der Waals surface area contributed by atoms with Crippen LogP contribution in [-0.4, -0.2) is 51.9 Å². The highest BCUT2D eigenvalue weighted by Crippen LogP contribution is 2.34. The lowest BCUT2D eigenvalue weighted by Gasteiger charge is -2.40. The van der Waals surface area contributed by atoms with E-state index in [9.17, 15) is 14.9 Å². The van der Waals surface area contributed by atoms with E-state index < -0.39 is 10.8 Å². The summed E-state index contributed by atoms with van der Waals surface area (Å²) in [6.45, 7) is 2.44. The molecule has 0 aliphatic carbocycles. The summed E-state index contributed by atoms with van der Waals surface area (Å²) in [6.07, 6.45) is 1.26. The summed E-state index contributed by atoms with van der Waals surface area (Å²) >= 11 is 3.33. The molecule has 3 aromatic carbocycles. The summed E-state index contributed by atoms with van der Waals surface area (Å²) in [5.41, 5.74) is 7.60. The molecule has 0 spiro atoms. The minimum absolute atomic E-state index is 0.0704. The number of carbonyl (C=O) groups is 1. The molecule has 0 saturated carbocycles. The average Bonchev–Trinajstić information content (AvgIpc) is 2.97. The van der Waals surface area contributed by atoms with Crippen molar-refractivity contribution in [2.24, 2.45) is 0 Å². The fraction of sp³-hybridized carbons (Fsp3) is 0.179. The molecule has 0 radical (unpaired) electrons. The van der Waals surface area contributed by atoms with Crippen molar-refractivity contribution in [1.29, 1.82) is 0 Å². The van der Waals surface area contributed by atoms with Gasteiger partial charge in [0.15, 0.2) is 0 Å². The number of aromatic nitrogens is 2. The summed E-state index contributed by atoms with van der Waals surface area (Å²) in [6, 6.07) is 27.5. The topological polar surface area (TPSA) is 117 Å². The van der Waals surface area contributed by atoms with Crippen molar-refractivity contribution in [2.75, 3.05) is 36.5 Å². The second kappa shape index (κ2) is 12.0. The smallest absolute Gasteiger partial charge is 0.348 e. The van der Waals surface area contributed by atoms with Crippen LogP contribution in [0.3, 0.4) is 0 Å². The molecule has 4 aromatic rings. The van der Waals surface area contributed by atoms with Crippen LogP contribution in [0.5, 0.6) is 0 Å². The number of hydrazine groups is 1. The first-order valence-corrected chi connectivity index (χ1v) is 13.2. The monoisotopic (exact) mass is 587 g/mol. The molecule has 2 heterocycles. The molecule has 1 saturated heterocycles. The van der Waals surface area contributed by atoms with Crippen LogP contribution in [0.2, 0.25) is 0 Å². The molecule has 2 N–H and O–H groups in total. The van der Waals surface area contributed by atoms with Crippen molar-refractivity contribution in [2.45, 2.75) is 6.04 Å². The van der Waals surface area contributed by atoms with E-state index in [1.807, 2.05) is 41.3 Å². The SMILES string of the molecule is O=C(NNc1ncnc(N2CCN(C(c3ccccc3)c3ccccc3)CC2)c1[N+](=O)[O-])c1ccc(Br)cc1. The van der Waals surface area contributed by atoms with Crippen LogP contribution >= 0.6 is 15.9 Å². The molecule has 10 nitrogen and oxygen atoms in total. The number of halogens is 1. The standard InChI is InChI=1S/C28H26BrN7O3/c29-23-13-11-22(12-14-23)28(37)33-32-26-25(36(38)39)27(31-19-30-26)35-17-15-34(16-18-35)24(20-7-3-1-4-8-20)21-9-5-2-6-10-21/h1-14,19,24H,15-18H2,(H,33,37)(H,30,31,32). The second-order valence-electron chi connectivity index (χ2n) is 8.98. The van der Waals surface area contributed by atoms with Crippen LogP contribution < -0.4 is 15.8 Å². The number of hydrogen-bond acceptors (Lipinski definition) is 8. The van der Waals surface area contributed by atoms with E-state index in [0.29, 0.717) is 31.7 Å². The quantitative estimate of drug-likeness (QED) is 0.223. The first kappa shape index (κ1) is 26.3. The zero-order chi connectivity index (χ0) is 27.2. The van der Waals surface area contributed by atoms with Gasteiger partial charge in [0.2, 0.25) is 11.6 Å². The van der Waals surface area contributed by atoms with E-state index in [1.54, 1.807) is 24.3 Å². The molecule has 11 heteroatoms. The second-order valence-corrected chi connectivity index (χ2v) is 9.90. The predicted octanol–water partition coefficient (Wildman–Crippen LogP) is 4.82. The summed E-state index contributed by atoms with van der Waals surface area (Å²) < 4.78 is 0.835. The van der Waals surface area contributed by atoms with Crippen LogP contribution in [0, 0.1) is 10.1 Å². The number of nitrogens with one attached hydrogen (secondary N) is 2. The van der Waals surface area contributed by atoms with Gasteiger partial charge in [-0.15, -0.1) is 0 Å². The maximum atomic E-state index is 12.5. The summed E-state index contributed by atoms with van der Waals surface area (Å²) in [5, 5.41) is 12.1. The van der Waals surface area contributed by atoms with Gasteiger partial charge in [-0.25, -0.2) is 9.97 Å². The Morgan fingerprint density at radius 3 is 2.03 bits per heavy atom. The van der Waals surface area contributed by atoms with Gasteiger partial charge in [0.05, 0.1) is 11.0 Å². The van der Waals surface area contributed by atoms with Gasteiger partial charge in [0, 0.05) is 36.2 Å². The third kappa shape index (κ3) is 6.05. The minimum Gasteiger partial charge on any atom is -0.348 e. The number of anilines is 2. The molecule has 1 aliphatic heterocycles. The van der Waals surface area contributed by atoms with Gasteiger partial charge in [-0.05, 0) is 35.4 Å². The van der Waals surface area contributed by atoms with Crippen LogP contribution in [-0.2, 0) is 0 Å².